The van der Waals surface area contributed by atoms with Crippen molar-refractivity contribution < 1.29 is 22.8 Å². The van der Waals surface area contributed by atoms with Crippen molar-refractivity contribution in [1.82, 2.24) is 10.3 Å². The number of rotatable bonds is 5. The number of nitrogens with zero attached hydrogens (tertiary/aromatic N) is 1. The van der Waals surface area contributed by atoms with Crippen molar-refractivity contribution in [3.63, 3.8) is 0 Å². The molecule has 0 fully saturated rings. The van der Waals surface area contributed by atoms with Gasteiger partial charge in [0.05, 0.1) is 10.6 Å². The van der Waals surface area contributed by atoms with Gasteiger partial charge in [-0.3, -0.25) is 14.6 Å². The van der Waals surface area contributed by atoms with Crippen LogP contribution < -0.4 is 5.32 Å². The maximum atomic E-state index is 12.8. The first-order chi connectivity index (χ1) is 11.7. The fraction of sp³-hybridized carbons (Fsp3) is 0.235. The molecule has 2 rings (SSSR count). The summed E-state index contributed by atoms with van der Waals surface area (Å²) in [5.74, 6) is -0.596. The zero-order valence-electron chi connectivity index (χ0n) is 13.2. The molecule has 0 aliphatic heterocycles. The van der Waals surface area contributed by atoms with E-state index < -0.39 is 22.7 Å². The molecule has 8 heteroatoms. The van der Waals surface area contributed by atoms with Gasteiger partial charge in [0.2, 0.25) is 0 Å². The molecule has 0 aliphatic carbocycles. The number of nitrogens with one attached hydrogen (secondary N) is 1. The van der Waals surface area contributed by atoms with E-state index in [2.05, 4.69) is 10.3 Å². The van der Waals surface area contributed by atoms with Gasteiger partial charge in [0.1, 0.15) is 5.78 Å². The third kappa shape index (κ3) is 5.03. The Kier molecular flexibility index (Phi) is 5.79. The number of hydrogen-bond acceptors (Lipinski definition) is 3. The zero-order valence-corrected chi connectivity index (χ0v) is 13.9. The van der Waals surface area contributed by atoms with Gasteiger partial charge in [0.25, 0.3) is 5.91 Å². The van der Waals surface area contributed by atoms with E-state index in [4.69, 9.17) is 11.6 Å². The SMILES string of the molecule is CC(=O)Cc1cc(C(=O)NCc2cccc(C(F)(F)F)c2Cl)ccn1. The number of halogens is 4. The molecule has 0 bridgehead atoms. The maximum Gasteiger partial charge on any atom is 0.417 e. The molecule has 4 nitrogen and oxygen atoms in total. The highest BCUT2D eigenvalue weighted by Crippen LogP contribution is 2.36. The molecule has 1 amide bonds. The Morgan fingerprint density at radius 3 is 2.60 bits per heavy atom. The summed E-state index contributed by atoms with van der Waals surface area (Å²) in [7, 11) is 0. The Labute approximate surface area is 147 Å². The quantitative estimate of drug-likeness (QED) is 0.870. The minimum absolute atomic E-state index is 0.0965. The summed E-state index contributed by atoms with van der Waals surface area (Å²) in [6, 6.07) is 6.43. The highest BCUT2D eigenvalue weighted by molar-refractivity contribution is 6.32. The molecule has 1 heterocycles. The lowest BCUT2D eigenvalue weighted by Crippen LogP contribution is -2.23. The number of carbonyl (C=O) groups excluding carboxylic acids is 2. The van der Waals surface area contributed by atoms with Gasteiger partial charge in [0, 0.05) is 30.4 Å². The predicted octanol–water partition coefficient (Wildman–Crippen LogP) is 3.82. The molecular formula is C17H14ClF3N2O2. The van der Waals surface area contributed by atoms with Gasteiger partial charge in [-0.2, -0.15) is 13.2 Å². The van der Waals surface area contributed by atoms with Crippen LogP contribution in [0, 0.1) is 0 Å². The van der Waals surface area contributed by atoms with E-state index in [9.17, 15) is 22.8 Å². The molecular weight excluding hydrogens is 357 g/mol. The second-order valence-electron chi connectivity index (χ2n) is 5.37. The zero-order chi connectivity index (χ0) is 18.6. The number of pyridine rings is 1. The van der Waals surface area contributed by atoms with Gasteiger partial charge in [-0.1, -0.05) is 23.7 Å². The van der Waals surface area contributed by atoms with E-state index in [1.54, 1.807) is 0 Å². The van der Waals surface area contributed by atoms with E-state index in [-0.39, 0.29) is 29.9 Å². The van der Waals surface area contributed by atoms with Crippen LogP contribution in [0.2, 0.25) is 5.02 Å². The summed E-state index contributed by atoms with van der Waals surface area (Å²) in [5.41, 5.74) is -0.0944. The molecule has 1 aromatic carbocycles. The van der Waals surface area contributed by atoms with E-state index in [0.29, 0.717) is 5.69 Å². The Morgan fingerprint density at radius 1 is 1.24 bits per heavy atom. The number of ketones is 1. The Hall–Kier alpha value is -2.41. The Bertz CT molecular complexity index is 807. The molecule has 0 unspecified atom stereocenters. The van der Waals surface area contributed by atoms with Crippen molar-refractivity contribution in [2.75, 3.05) is 0 Å². The topological polar surface area (TPSA) is 59.1 Å². The summed E-state index contributed by atoms with van der Waals surface area (Å²) in [4.78, 5) is 27.3. The first-order valence-electron chi connectivity index (χ1n) is 7.25. The third-order valence-electron chi connectivity index (χ3n) is 3.33. The fourth-order valence-electron chi connectivity index (χ4n) is 2.18. The first-order valence-corrected chi connectivity index (χ1v) is 7.63. The molecule has 1 aromatic heterocycles. The van der Waals surface area contributed by atoms with Crippen LogP contribution in [0.3, 0.4) is 0 Å². The lowest BCUT2D eigenvalue weighted by Gasteiger charge is -2.13. The number of benzene rings is 1. The molecule has 0 saturated heterocycles. The monoisotopic (exact) mass is 370 g/mol. The van der Waals surface area contributed by atoms with Crippen LogP contribution in [0.25, 0.3) is 0 Å². The summed E-state index contributed by atoms with van der Waals surface area (Å²) in [5, 5.41) is 2.07. The second kappa shape index (κ2) is 7.65. The highest BCUT2D eigenvalue weighted by Gasteiger charge is 2.33. The predicted molar refractivity (Wildman–Crippen MR) is 86.2 cm³/mol. The lowest BCUT2D eigenvalue weighted by atomic mass is 10.1. The standard InChI is InChI=1S/C17H14ClF3N2O2/c1-10(24)7-13-8-11(5-6-22-13)16(25)23-9-12-3-2-4-14(15(12)18)17(19,20)21/h2-6,8H,7,9H2,1H3,(H,23,25). The molecule has 0 aliphatic rings. The van der Waals surface area contributed by atoms with E-state index in [1.165, 1.54) is 37.4 Å². The smallest absolute Gasteiger partial charge is 0.348 e. The van der Waals surface area contributed by atoms with Gasteiger partial charge in [-0.25, -0.2) is 0 Å². The van der Waals surface area contributed by atoms with Crippen molar-refractivity contribution in [1.29, 1.82) is 0 Å². The Balaban J connectivity index is 2.12. The molecule has 1 N–H and O–H groups in total. The minimum Gasteiger partial charge on any atom is -0.348 e. The summed E-state index contributed by atoms with van der Waals surface area (Å²) < 4.78 is 38.5. The molecule has 25 heavy (non-hydrogen) atoms. The molecule has 2 aromatic rings. The van der Waals surface area contributed by atoms with Crippen LogP contribution in [0.1, 0.15) is 34.1 Å². The van der Waals surface area contributed by atoms with Gasteiger partial charge in [-0.05, 0) is 30.7 Å². The highest BCUT2D eigenvalue weighted by atomic mass is 35.5. The van der Waals surface area contributed by atoms with Crippen molar-refractivity contribution in [3.8, 4) is 0 Å². The molecule has 0 spiro atoms. The number of carbonyl (C=O) groups is 2. The van der Waals surface area contributed by atoms with Crippen molar-refractivity contribution >= 4 is 23.3 Å². The lowest BCUT2D eigenvalue weighted by molar-refractivity contribution is -0.137. The normalized spacial score (nSPS) is 11.2. The number of amides is 1. The Morgan fingerprint density at radius 2 is 1.96 bits per heavy atom. The number of Topliss-reactive ketones (excluding diaryl/α,β-unsaturated/α-hetero) is 1. The number of alkyl halides is 3. The van der Waals surface area contributed by atoms with Crippen LogP contribution in [-0.2, 0) is 23.9 Å². The van der Waals surface area contributed by atoms with E-state index in [1.807, 2.05) is 0 Å². The van der Waals surface area contributed by atoms with Crippen LogP contribution in [-0.4, -0.2) is 16.7 Å². The fourth-order valence-corrected chi connectivity index (χ4v) is 2.48. The number of aromatic nitrogens is 1. The molecule has 0 radical (unpaired) electrons. The first kappa shape index (κ1) is 18.9. The van der Waals surface area contributed by atoms with Gasteiger partial charge < -0.3 is 5.32 Å². The largest absolute Gasteiger partial charge is 0.417 e. The molecule has 0 saturated carbocycles. The van der Waals surface area contributed by atoms with Gasteiger partial charge >= 0.3 is 6.18 Å². The van der Waals surface area contributed by atoms with Crippen LogP contribution in [0.15, 0.2) is 36.5 Å². The van der Waals surface area contributed by atoms with Gasteiger partial charge in [-0.15, -0.1) is 0 Å². The minimum atomic E-state index is -4.57. The number of hydrogen-bond donors (Lipinski definition) is 1. The van der Waals surface area contributed by atoms with Crippen LogP contribution in [0.4, 0.5) is 13.2 Å². The van der Waals surface area contributed by atoms with Crippen LogP contribution in [0.5, 0.6) is 0 Å². The van der Waals surface area contributed by atoms with Gasteiger partial charge in [0.15, 0.2) is 0 Å². The maximum absolute atomic E-state index is 12.8. The van der Waals surface area contributed by atoms with E-state index in [0.717, 1.165) is 6.07 Å². The third-order valence-corrected chi connectivity index (χ3v) is 3.78. The molecule has 0 atom stereocenters. The van der Waals surface area contributed by atoms with Crippen LogP contribution >= 0.6 is 11.6 Å². The average Bonchev–Trinajstić information content (AvgIpc) is 2.52. The summed E-state index contributed by atoms with van der Waals surface area (Å²) in [6.45, 7) is 1.25. The van der Waals surface area contributed by atoms with Crippen molar-refractivity contribution in [2.45, 2.75) is 26.1 Å². The summed E-state index contributed by atoms with van der Waals surface area (Å²) in [6.07, 6.45) is -3.07. The molecule has 132 valence electrons. The van der Waals surface area contributed by atoms with Crippen molar-refractivity contribution in [2.24, 2.45) is 0 Å². The average molecular weight is 371 g/mol. The summed E-state index contributed by atoms with van der Waals surface area (Å²) >= 11 is 5.79. The van der Waals surface area contributed by atoms with E-state index >= 15 is 0 Å². The van der Waals surface area contributed by atoms with Crippen molar-refractivity contribution in [3.05, 3.63) is 63.9 Å². The second-order valence-corrected chi connectivity index (χ2v) is 5.75.